The van der Waals surface area contributed by atoms with Crippen molar-refractivity contribution in [3.63, 3.8) is 0 Å². The van der Waals surface area contributed by atoms with Crippen LogP contribution in [0.1, 0.15) is 18.5 Å². The van der Waals surface area contributed by atoms with Crippen molar-refractivity contribution in [1.29, 1.82) is 0 Å². The zero-order chi connectivity index (χ0) is 13.5. The first kappa shape index (κ1) is 15.4. The highest BCUT2D eigenvalue weighted by atomic mass is 79.9. The minimum atomic E-state index is 0.206. The lowest BCUT2D eigenvalue weighted by Gasteiger charge is -2.18. The highest BCUT2D eigenvalue weighted by molar-refractivity contribution is 9.10. The van der Waals surface area contributed by atoms with Crippen LogP contribution in [0.15, 0.2) is 28.7 Å². The van der Waals surface area contributed by atoms with Gasteiger partial charge in [-0.25, -0.2) is 0 Å². The Morgan fingerprint density at radius 1 is 1.33 bits per heavy atom. The van der Waals surface area contributed by atoms with Crippen molar-refractivity contribution >= 4 is 33.3 Å². The van der Waals surface area contributed by atoms with Gasteiger partial charge in [-0.05, 0) is 50.9 Å². The van der Waals surface area contributed by atoms with Gasteiger partial charge in [0.15, 0.2) is 5.11 Å². The van der Waals surface area contributed by atoms with E-state index >= 15 is 0 Å². The molecule has 5 heteroatoms. The lowest BCUT2D eigenvalue weighted by molar-refractivity contribution is 0.412. The Morgan fingerprint density at radius 2 is 1.94 bits per heavy atom. The van der Waals surface area contributed by atoms with Crippen LogP contribution in [0.4, 0.5) is 0 Å². The lowest BCUT2D eigenvalue weighted by Crippen LogP contribution is -2.39. The summed E-state index contributed by atoms with van der Waals surface area (Å²) in [5.74, 6) is 0. The van der Waals surface area contributed by atoms with Crippen molar-refractivity contribution < 1.29 is 0 Å². The molecule has 3 nitrogen and oxygen atoms in total. The van der Waals surface area contributed by atoms with Crippen molar-refractivity contribution in [2.45, 2.75) is 13.0 Å². The van der Waals surface area contributed by atoms with E-state index in [4.69, 9.17) is 12.2 Å². The van der Waals surface area contributed by atoms with Gasteiger partial charge in [-0.2, -0.15) is 0 Å². The first-order chi connectivity index (χ1) is 8.49. The van der Waals surface area contributed by atoms with E-state index in [1.165, 1.54) is 5.56 Å². The highest BCUT2D eigenvalue weighted by Gasteiger charge is 2.06. The summed E-state index contributed by atoms with van der Waals surface area (Å²) in [5, 5.41) is 7.17. The summed E-state index contributed by atoms with van der Waals surface area (Å²) in [6, 6.07) is 8.46. The van der Waals surface area contributed by atoms with Gasteiger partial charge in [0.2, 0.25) is 0 Å². The molecule has 0 aliphatic rings. The van der Waals surface area contributed by atoms with Crippen LogP contribution in [-0.2, 0) is 0 Å². The molecule has 0 saturated heterocycles. The second kappa shape index (κ2) is 7.71. The Hall–Kier alpha value is -0.650. The van der Waals surface area contributed by atoms with Crippen LogP contribution in [0.25, 0.3) is 0 Å². The highest BCUT2D eigenvalue weighted by Crippen LogP contribution is 2.16. The van der Waals surface area contributed by atoms with Crippen LogP contribution in [0.2, 0.25) is 0 Å². The predicted molar refractivity (Wildman–Crippen MR) is 84.8 cm³/mol. The molecule has 0 radical (unpaired) electrons. The molecule has 0 spiro atoms. The van der Waals surface area contributed by atoms with Gasteiger partial charge in [-0.15, -0.1) is 0 Å². The molecule has 0 saturated carbocycles. The van der Waals surface area contributed by atoms with Gasteiger partial charge in [0, 0.05) is 17.6 Å². The van der Waals surface area contributed by atoms with E-state index in [1.807, 2.05) is 26.2 Å². The molecule has 0 bridgehead atoms. The number of hydrogen-bond donors (Lipinski definition) is 2. The summed E-state index contributed by atoms with van der Waals surface area (Å²) >= 11 is 8.69. The number of halogens is 1. The van der Waals surface area contributed by atoms with E-state index in [2.05, 4.69) is 50.5 Å². The molecule has 0 aromatic heterocycles. The Labute approximate surface area is 123 Å². The van der Waals surface area contributed by atoms with E-state index in [9.17, 15) is 0 Å². The predicted octanol–water partition coefficient (Wildman–Crippen LogP) is 2.54. The van der Waals surface area contributed by atoms with Crippen LogP contribution < -0.4 is 10.6 Å². The minimum Gasteiger partial charge on any atom is -0.361 e. The van der Waals surface area contributed by atoms with E-state index < -0.39 is 0 Å². The monoisotopic (exact) mass is 329 g/mol. The molecular weight excluding hydrogens is 310 g/mol. The molecule has 18 heavy (non-hydrogen) atoms. The quantitative estimate of drug-likeness (QED) is 0.812. The maximum atomic E-state index is 5.26. The molecule has 0 heterocycles. The zero-order valence-corrected chi connectivity index (χ0v) is 13.4. The smallest absolute Gasteiger partial charge is 0.166 e. The summed E-state index contributed by atoms with van der Waals surface area (Å²) in [6.45, 7) is 3.92. The van der Waals surface area contributed by atoms with Crippen LogP contribution in [0, 0.1) is 0 Å². The third-order valence-electron chi connectivity index (χ3n) is 2.56. The number of benzene rings is 1. The molecule has 0 fully saturated rings. The van der Waals surface area contributed by atoms with Gasteiger partial charge in [-0.1, -0.05) is 28.1 Å². The average molecular weight is 330 g/mol. The van der Waals surface area contributed by atoms with Crippen molar-refractivity contribution in [2.24, 2.45) is 0 Å². The summed E-state index contributed by atoms with van der Waals surface area (Å²) in [4.78, 5) is 2.12. The molecule has 1 aromatic rings. The molecule has 1 rings (SSSR count). The molecule has 0 unspecified atom stereocenters. The molecule has 1 atom stereocenters. The number of nitrogens with one attached hydrogen (secondary N) is 2. The fourth-order valence-electron chi connectivity index (χ4n) is 1.48. The van der Waals surface area contributed by atoms with Crippen molar-refractivity contribution in [2.75, 3.05) is 27.2 Å². The third-order valence-corrected chi connectivity index (χ3v) is 3.35. The number of nitrogens with zero attached hydrogens (tertiary/aromatic N) is 1. The van der Waals surface area contributed by atoms with Crippen molar-refractivity contribution in [3.8, 4) is 0 Å². The standard InChI is InChI=1S/C13H20BrN3S/c1-10(11-4-6-12(14)7-5-11)16-13(18)15-8-9-17(2)3/h4-7,10H,8-9H2,1-3H3,(H2,15,16,18)/t10-/m1/s1. The van der Waals surface area contributed by atoms with Gasteiger partial charge in [0.05, 0.1) is 6.04 Å². The molecule has 2 N–H and O–H groups in total. The Kier molecular flexibility index (Phi) is 6.60. The number of rotatable bonds is 5. The topological polar surface area (TPSA) is 27.3 Å². The third kappa shape index (κ3) is 5.80. The molecule has 100 valence electrons. The van der Waals surface area contributed by atoms with Crippen molar-refractivity contribution in [1.82, 2.24) is 15.5 Å². The summed E-state index contributed by atoms with van der Waals surface area (Å²) in [5.41, 5.74) is 1.22. The second-order valence-corrected chi connectivity index (χ2v) is 5.80. The second-order valence-electron chi connectivity index (χ2n) is 4.48. The normalized spacial score (nSPS) is 12.3. The fourth-order valence-corrected chi connectivity index (χ4v) is 2.02. The molecular formula is C13H20BrN3S. The van der Waals surface area contributed by atoms with E-state index in [0.717, 1.165) is 17.6 Å². The van der Waals surface area contributed by atoms with Crippen molar-refractivity contribution in [3.05, 3.63) is 34.3 Å². The maximum Gasteiger partial charge on any atom is 0.166 e. The fraction of sp³-hybridized carbons (Fsp3) is 0.462. The van der Waals surface area contributed by atoms with E-state index in [0.29, 0.717) is 5.11 Å². The van der Waals surface area contributed by atoms with E-state index in [-0.39, 0.29) is 6.04 Å². The number of thiocarbonyl (C=S) groups is 1. The summed E-state index contributed by atoms with van der Waals surface area (Å²) < 4.78 is 1.09. The SMILES string of the molecule is C[C@@H](NC(=S)NCCN(C)C)c1ccc(Br)cc1. The Morgan fingerprint density at radius 3 is 2.50 bits per heavy atom. The molecule has 0 aliphatic heterocycles. The number of likely N-dealkylation sites (N-methyl/N-ethyl adjacent to an activating group) is 1. The van der Waals surface area contributed by atoms with Gasteiger partial charge in [0.1, 0.15) is 0 Å². The largest absolute Gasteiger partial charge is 0.361 e. The molecule has 0 aliphatic carbocycles. The average Bonchev–Trinajstić information content (AvgIpc) is 2.29. The molecule has 1 aromatic carbocycles. The van der Waals surface area contributed by atoms with Crippen LogP contribution in [-0.4, -0.2) is 37.2 Å². The van der Waals surface area contributed by atoms with Gasteiger partial charge in [-0.3, -0.25) is 0 Å². The first-order valence-corrected chi connectivity index (χ1v) is 7.13. The van der Waals surface area contributed by atoms with Crippen LogP contribution in [0.5, 0.6) is 0 Å². The Bertz CT molecular complexity index is 378. The summed E-state index contributed by atoms with van der Waals surface area (Å²) in [7, 11) is 4.09. The lowest BCUT2D eigenvalue weighted by atomic mass is 10.1. The zero-order valence-electron chi connectivity index (χ0n) is 11.0. The van der Waals surface area contributed by atoms with Crippen LogP contribution in [0.3, 0.4) is 0 Å². The van der Waals surface area contributed by atoms with Crippen LogP contribution >= 0.6 is 28.1 Å². The van der Waals surface area contributed by atoms with Gasteiger partial charge in [0.25, 0.3) is 0 Å². The number of hydrogen-bond acceptors (Lipinski definition) is 2. The van der Waals surface area contributed by atoms with E-state index in [1.54, 1.807) is 0 Å². The molecule has 0 amide bonds. The maximum absolute atomic E-state index is 5.26. The van der Waals surface area contributed by atoms with Gasteiger partial charge < -0.3 is 15.5 Å². The summed E-state index contributed by atoms with van der Waals surface area (Å²) in [6.07, 6.45) is 0. The minimum absolute atomic E-state index is 0.206. The first-order valence-electron chi connectivity index (χ1n) is 5.93. The Balaban J connectivity index is 2.37. The van der Waals surface area contributed by atoms with Gasteiger partial charge >= 0.3 is 0 Å².